The van der Waals surface area contributed by atoms with Crippen LogP contribution in [0, 0.1) is 0 Å². The zero-order valence-electron chi connectivity index (χ0n) is 13.2. The molecule has 1 fully saturated rings. The number of fused-ring (bicyclic) bond motifs is 1. The number of halogens is 1. The van der Waals surface area contributed by atoms with Crippen molar-refractivity contribution in [1.29, 1.82) is 0 Å². The Morgan fingerprint density at radius 1 is 1.40 bits per heavy atom. The van der Waals surface area contributed by atoms with Crippen LogP contribution in [0.2, 0.25) is 5.02 Å². The first-order valence-electron chi connectivity index (χ1n) is 7.93. The minimum atomic E-state index is -0.484. The summed E-state index contributed by atoms with van der Waals surface area (Å²) in [5.74, 6) is -0.412. The molecule has 1 aromatic carbocycles. The average Bonchev–Trinajstić information content (AvgIpc) is 3.17. The topological polar surface area (TPSA) is 75.5 Å². The highest BCUT2D eigenvalue weighted by Gasteiger charge is 2.25. The zero-order chi connectivity index (χ0) is 17.4. The van der Waals surface area contributed by atoms with E-state index in [2.05, 4.69) is 15.6 Å². The smallest absolute Gasteiger partial charge is 0.269 e. The van der Waals surface area contributed by atoms with Crippen LogP contribution in [0.5, 0.6) is 0 Å². The molecule has 2 N–H and O–H groups in total. The lowest BCUT2D eigenvalue weighted by Crippen LogP contribution is -2.50. The maximum atomic E-state index is 12.6. The molecule has 3 heterocycles. The summed E-state index contributed by atoms with van der Waals surface area (Å²) in [5.41, 5.74) is 1.99. The van der Waals surface area contributed by atoms with Crippen LogP contribution in [0.1, 0.15) is 23.3 Å². The highest BCUT2D eigenvalue weighted by molar-refractivity contribution is 7.15. The summed E-state index contributed by atoms with van der Waals surface area (Å²) in [4.78, 5) is 29.7. The Kier molecular flexibility index (Phi) is 4.19. The van der Waals surface area contributed by atoms with Gasteiger partial charge in [0.2, 0.25) is 5.91 Å². The van der Waals surface area contributed by atoms with Gasteiger partial charge in [-0.2, -0.15) is 0 Å². The van der Waals surface area contributed by atoms with Crippen LogP contribution in [0.4, 0.5) is 0 Å². The van der Waals surface area contributed by atoms with E-state index in [0.717, 1.165) is 12.0 Å². The first kappa shape index (κ1) is 16.1. The maximum absolute atomic E-state index is 12.6. The van der Waals surface area contributed by atoms with Crippen LogP contribution in [-0.2, 0) is 4.79 Å². The Balaban J connectivity index is 1.63. The van der Waals surface area contributed by atoms with E-state index < -0.39 is 6.04 Å². The molecule has 0 bridgehead atoms. The Bertz CT molecular complexity index is 965. The molecule has 3 aromatic rings. The highest BCUT2D eigenvalue weighted by Crippen LogP contribution is 2.29. The standard InChI is InChI=1S/C17H15ClN4O2S/c18-11-5-2-1-4-10(11)13-8-22-14(9-25-17(22)21-13)16(24)20-12-6-3-7-19-15(12)23/h1-2,4-5,8-9,12H,3,6-7H2,(H,19,23)(H,20,24). The van der Waals surface area contributed by atoms with Gasteiger partial charge in [0.1, 0.15) is 11.7 Å². The van der Waals surface area contributed by atoms with Crippen molar-refractivity contribution in [3.05, 3.63) is 46.6 Å². The summed E-state index contributed by atoms with van der Waals surface area (Å²) in [6, 6.07) is 6.96. The van der Waals surface area contributed by atoms with E-state index in [1.807, 2.05) is 18.2 Å². The summed E-state index contributed by atoms with van der Waals surface area (Å²) < 4.78 is 1.74. The molecule has 1 saturated heterocycles. The molecule has 0 saturated carbocycles. The summed E-state index contributed by atoms with van der Waals surface area (Å²) in [5, 5.41) is 7.93. The minimum Gasteiger partial charge on any atom is -0.354 e. The van der Waals surface area contributed by atoms with Crippen LogP contribution < -0.4 is 10.6 Å². The quantitative estimate of drug-likeness (QED) is 0.740. The lowest BCUT2D eigenvalue weighted by atomic mass is 10.1. The Hall–Kier alpha value is -2.38. The van der Waals surface area contributed by atoms with E-state index in [1.165, 1.54) is 11.3 Å². The largest absolute Gasteiger partial charge is 0.354 e. The van der Waals surface area contributed by atoms with Gasteiger partial charge in [-0.1, -0.05) is 29.8 Å². The summed E-state index contributed by atoms with van der Waals surface area (Å²) >= 11 is 7.60. The van der Waals surface area contributed by atoms with Crippen molar-refractivity contribution in [2.45, 2.75) is 18.9 Å². The number of benzene rings is 1. The van der Waals surface area contributed by atoms with Crippen LogP contribution in [-0.4, -0.2) is 33.8 Å². The number of aromatic nitrogens is 2. The van der Waals surface area contributed by atoms with Gasteiger partial charge < -0.3 is 10.6 Å². The molecule has 2 aromatic heterocycles. The Labute approximate surface area is 152 Å². The van der Waals surface area contributed by atoms with Gasteiger partial charge in [0.05, 0.1) is 10.7 Å². The van der Waals surface area contributed by atoms with E-state index in [0.29, 0.717) is 34.3 Å². The third kappa shape index (κ3) is 3.01. The number of nitrogens with one attached hydrogen (secondary N) is 2. The molecule has 1 aliphatic rings. The zero-order valence-corrected chi connectivity index (χ0v) is 14.7. The second-order valence-electron chi connectivity index (χ2n) is 5.84. The molecule has 0 spiro atoms. The minimum absolute atomic E-state index is 0.131. The van der Waals surface area contributed by atoms with Gasteiger partial charge in [-0.15, -0.1) is 11.3 Å². The van der Waals surface area contributed by atoms with Crippen molar-refractivity contribution in [2.24, 2.45) is 0 Å². The van der Waals surface area contributed by atoms with E-state index in [-0.39, 0.29) is 11.8 Å². The highest BCUT2D eigenvalue weighted by atomic mass is 35.5. The predicted octanol–water partition coefficient (Wildman–Crippen LogP) is 2.72. The summed E-state index contributed by atoms with van der Waals surface area (Å²) in [6.07, 6.45) is 3.31. The normalized spacial score (nSPS) is 17.5. The number of carbonyl (C=O) groups excluding carboxylic acids is 2. The van der Waals surface area contributed by atoms with Gasteiger partial charge in [-0.05, 0) is 18.9 Å². The van der Waals surface area contributed by atoms with E-state index in [4.69, 9.17) is 11.6 Å². The van der Waals surface area contributed by atoms with Crippen LogP contribution in [0.15, 0.2) is 35.8 Å². The van der Waals surface area contributed by atoms with Gasteiger partial charge in [-0.3, -0.25) is 14.0 Å². The van der Waals surface area contributed by atoms with Crippen LogP contribution in [0.25, 0.3) is 16.2 Å². The van der Waals surface area contributed by atoms with Gasteiger partial charge in [0.25, 0.3) is 5.91 Å². The number of hydrogen-bond donors (Lipinski definition) is 2. The van der Waals surface area contributed by atoms with Gasteiger partial charge in [0.15, 0.2) is 4.96 Å². The molecule has 1 aliphatic heterocycles. The summed E-state index contributed by atoms with van der Waals surface area (Å²) in [6.45, 7) is 0.663. The number of piperidine rings is 1. The molecular formula is C17H15ClN4O2S. The molecule has 1 unspecified atom stereocenters. The molecule has 8 heteroatoms. The first-order valence-corrected chi connectivity index (χ1v) is 9.19. The first-order chi connectivity index (χ1) is 12.1. The third-order valence-electron chi connectivity index (χ3n) is 4.18. The number of imidazole rings is 1. The van der Waals surface area contributed by atoms with Crippen LogP contribution >= 0.6 is 22.9 Å². The number of amides is 2. The Morgan fingerprint density at radius 2 is 2.24 bits per heavy atom. The molecule has 2 amide bonds. The number of rotatable bonds is 3. The van der Waals surface area contributed by atoms with Crippen molar-refractivity contribution in [3.8, 4) is 11.3 Å². The monoisotopic (exact) mass is 374 g/mol. The second-order valence-corrected chi connectivity index (χ2v) is 7.08. The molecule has 1 atom stereocenters. The number of hydrogen-bond acceptors (Lipinski definition) is 4. The van der Waals surface area contributed by atoms with Crippen LogP contribution in [0.3, 0.4) is 0 Å². The number of nitrogens with zero attached hydrogens (tertiary/aromatic N) is 2. The van der Waals surface area contributed by atoms with E-state index in [9.17, 15) is 9.59 Å². The summed E-state index contributed by atoms with van der Waals surface area (Å²) in [7, 11) is 0. The fourth-order valence-electron chi connectivity index (χ4n) is 2.89. The lowest BCUT2D eigenvalue weighted by Gasteiger charge is -2.22. The maximum Gasteiger partial charge on any atom is 0.269 e. The van der Waals surface area contributed by atoms with Gasteiger partial charge in [-0.25, -0.2) is 4.98 Å². The SMILES string of the molecule is O=C(NC1CCCNC1=O)c1csc2nc(-c3ccccc3Cl)cn12. The fraction of sp³-hybridized carbons (Fsp3) is 0.235. The number of thiazole rings is 1. The van der Waals surface area contributed by atoms with Crippen molar-refractivity contribution >= 4 is 39.7 Å². The molecule has 0 radical (unpaired) electrons. The van der Waals surface area contributed by atoms with E-state index >= 15 is 0 Å². The van der Waals surface area contributed by atoms with Crippen molar-refractivity contribution in [1.82, 2.24) is 20.0 Å². The average molecular weight is 375 g/mol. The molecule has 25 heavy (non-hydrogen) atoms. The molecule has 4 rings (SSSR count). The number of carbonyl (C=O) groups is 2. The van der Waals surface area contributed by atoms with Crippen molar-refractivity contribution in [2.75, 3.05) is 6.54 Å². The lowest BCUT2D eigenvalue weighted by molar-refractivity contribution is -0.124. The van der Waals surface area contributed by atoms with Crippen molar-refractivity contribution < 1.29 is 9.59 Å². The van der Waals surface area contributed by atoms with Gasteiger partial charge >= 0.3 is 0 Å². The molecule has 6 nitrogen and oxygen atoms in total. The van der Waals surface area contributed by atoms with E-state index in [1.54, 1.807) is 22.0 Å². The molecule has 128 valence electrons. The molecular weight excluding hydrogens is 360 g/mol. The fourth-order valence-corrected chi connectivity index (χ4v) is 3.97. The Morgan fingerprint density at radius 3 is 3.04 bits per heavy atom. The molecule has 0 aliphatic carbocycles. The second kappa shape index (κ2) is 6.50. The van der Waals surface area contributed by atoms with Crippen molar-refractivity contribution in [3.63, 3.8) is 0 Å². The van der Waals surface area contributed by atoms with Gasteiger partial charge in [0, 0.05) is 23.7 Å². The predicted molar refractivity (Wildman–Crippen MR) is 97.0 cm³/mol. The third-order valence-corrected chi connectivity index (χ3v) is 5.35.